The van der Waals surface area contributed by atoms with E-state index in [1.165, 1.54) is 4.34 Å². The maximum Gasteiger partial charge on any atom is 0.295 e. The largest absolute Gasteiger partial charge is 0.353 e. The molecule has 1 atom stereocenters. The van der Waals surface area contributed by atoms with Crippen molar-refractivity contribution < 1.29 is 8.78 Å². The van der Waals surface area contributed by atoms with Gasteiger partial charge in [-0.25, -0.2) is 18.7 Å². The average molecular weight is 499 g/mol. The number of nitrogens with zero attached hydrogens (tertiary/aromatic N) is 3. The van der Waals surface area contributed by atoms with Gasteiger partial charge < -0.3 is 5.32 Å². The van der Waals surface area contributed by atoms with Crippen LogP contribution in [0, 0.1) is 0 Å². The molecule has 4 nitrogen and oxygen atoms in total. The number of halogens is 4. The zero-order valence-corrected chi connectivity index (χ0v) is 17.0. The molecule has 10 heteroatoms. The van der Waals surface area contributed by atoms with Crippen LogP contribution in [0.5, 0.6) is 0 Å². The van der Waals surface area contributed by atoms with Gasteiger partial charge >= 0.3 is 0 Å². The number of fused-ring (bicyclic) bond motifs is 1. The van der Waals surface area contributed by atoms with Gasteiger partial charge in [0.2, 0.25) is 0 Å². The molecule has 1 unspecified atom stereocenters. The molecular weight excluding hydrogens is 488 g/mol. The van der Waals surface area contributed by atoms with Crippen LogP contribution in [-0.4, -0.2) is 20.6 Å². The van der Waals surface area contributed by atoms with E-state index in [4.69, 9.17) is 11.6 Å². The number of benzene rings is 1. The van der Waals surface area contributed by atoms with Crippen LogP contribution in [-0.2, 0) is 0 Å². The summed E-state index contributed by atoms with van der Waals surface area (Å²) >= 11 is 9.71. The highest BCUT2D eigenvalue weighted by molar-refractivity contribution is 14.2. The standard InChI is InChI=1S/C14H11ClF2IN4PS/c1-24-9-5-3-2-4-7(9)19-8-6-10(15)20-13-11(8)21-14(12(16)17)22(13)23-18/h2-6,12,23H,1H3,(H,19,20). The fourth-order valence-corrected chi connectivity index (χ4v) is 4.89. The smallest absolute Gasteiger partial charge is 0.295 e. The third-order valence-electron chi connectivity index (χ3n) is 3.27. The van der Waals surface area contributed by atoms with Crippen molar-refractivity contribution in [3.05, 3.63) is 41.3 Å². The van der Waals surface area contributed by atoms with E-state index in [-0.39, 0.29) is 17.4 Å². The number of nitrogens with one attached hydrogen (secondary N) is 1. The van der Waals surface area contributed by atoms with Crippen molar-refractivity contribution in [3.63, 3.8) is 0 Å². The van der Waals surface area contributed by atoms with Crippen molar-refractivity contribution in [3.8, 4) is 0 Å². The molecule has 0 aliphatic carbocycles. The topological polar surface area (TPSA) is 42.7 Å². The van der Waals surface area contributed by atoms with Gasteiger partial charge in [-0.15, -0.1) is 11.8 Å². The predicted octanol–water partition coefficient (Wildman–Crippen LogP) is 6.28. The van der Waals surface area contributed by atoms with Crippen LogP contribution in [0.1, 0.15) is 12.2 Å². The Labute approximate surface area is 161 Å². The fraction of sp³-hybridized carbons (Fsp3) is 0.143. The highest BCUT2D eigenvalue weighted by Crippen LogP contribution is 2.38. The number of imidazole rings is 1. The summed E-state index contributed by atoms with van der Waals surface area (Å²) in [7, 11) is 0. The number of hydrogen-bond acceptors (Lipinski definition) is 4. The predicted molar refractivity (Wildman–Crippen MR) is 107 cm³/mol. The molecule has 0 saturated heterocycles. The second-order valence-corrected chi connectivity index (χ2v) is 7.98. The minimum atomic E-state index is -2.67. The van der Waals surface area contributed by atoms with Gasteiger partial charge in [0.25, 0.3) is 6.43 Å². The molecule has 0 spiro atoms. The summed E-state index contributed by atoms with van der Waals surface area (Å²) in [5.74, 6) is -0.297. The minimum Gasteiger partial charge on any atom is -0.353 e. The van der Waals surface area contributed by atoms with Gasteiger partial charge in [-0.1, -0.05) is 23.7 Å². The van der Waals surface area contributed by atoms with E-state index in [0.717, 1.165) is 10.6 Å². The quantitative estimate of drug-likeness (QED) is 0.195. The van der Waals surface area contributed by atoms with Gasteiger partial charge in [0.15, 0.2) is 11.5 Å². The Morgan fingerprint density at radius 3 is 2.71 bits per heavy atom. The maximum absolute atomic E-state index is 13.3. The molecule has 2 heterocycles. The average Bonchev–Trinajstić information content (AvgIpc) is 2.94. The Morgan fingerprint density at radius 1 is 1.29 bits per heavy atom. The normalized spacial score (nSPS) is 11.9. The van der Waals surface area contributed by atoms with Crippen molar-refractivity contribution in [1.29, 1.82) is 0 Å². The van der Waals surface area contributed by atoms with Crippen LogP contribution < -0.4 is 5.32 Å². The summed E-state index contributed by atoms with van der Waals surface area (Å²) in [5.41, 5.74) is 2.16. The van der Waals surface area contributed by atoms with Gasteiger partial charge in [0.05, 0.1) is 17.7 Å². The third-order valence-corrected chi connectivity index (χ3v) is 6.31. The van der Waals surface area contributed by atoms with Crippen molar-refractivity contribution in [2.45, 2.75) is 11.3 Å². The zero-order chi connectivity index (χ0) is 17.3. The summed E-state index contributed by atoms with van der Waals surface area (Å²) in [4.78, 5) is 9.31. The Kier molecular flexibility index (Phi) is 5.79. The molecular formula is C14H11ClF2IN4PS. The summed E-state index contributed by atoms with van der Waals surface area (Å²) in [6.45, 7) is 0. The van der Waals surface area contributed by atoms with Crippen LogP contribution in [0.25, 0.3) is 11.2 Å². The number of anilines is 2. The summed E-state index contributed by atoms with van der Waals surface area (Å²) in [6.07, 6.45) is -0.656. The second kappa shape index (κ2) is 7.68. The van der Waals surface area contributed by atoms with Gasteiger partial charge in [-0.05, 0) is 40.4 Å². The number of thioether (sulfide) groups is 1. The monoisotopic (exact) mass is 498 g/mol. The number of pyridine rings is 1. The van der Waals surface area contributed by atoms with Gasteiger partial charge in [0, 0.05) is 11.0 Å². The molecule has 2 aromatic heterocycles. The number of alkyl halides is 2. The minimum absolute atomic E-state index is 0.0494. The first-order valence-corrected chi connectivity index (χ1v) is 12.3. The van der Waals surface area contributed by atoms with Crippen LogP contribution >= 0.6 is 51.8 Å². The molecule has 0 bridgehead atoms. The van der Waals surface area contributed by atoms with Gasteiger partial charge in [0.1, 0.15) is 10.7 Å². The molecule has 1 N–H and O–H groups in total. The van der Waals surface area contributed by atoms with Crippen LogP contribution in [0.2, 0.25) is 5.15 Å². The molecule has 0 amide bonds. The number of aromatic nitrogens is 3. The molecule has 0 aliphatic rings. The lowest BCUT2D eigenvalue weighted by Gasteiger charge is -2.11. The van der Waals surface area contributed by atoms with Crippen molar-refractivity contribution in [2.24, 2.45) is 0 Å². The van der Waals surface area contributed by atoms with Crippen LogP contribution in [0.3, 0.4) is 0 Å². The van der Waals surface area contributed by atoms with E-state index in [1.807, 2.05) is 52.6 Å². The fourth-order valence-electron chi connectivity index (χ4n) is 2.25. The highest BCUT2D eigenvalue weighted by Gasteiger charge is 2.22. The lowest BCUT2D eigenvalue weighted by Crippen LogP contribution is -1.95. The Bertz CT molecular complexity index is 893. The Morgan fingerprint density at radius 2 is 2.04 bits per heavy atom. The molecule has 0 saturated carbocycles. The van der Waals surface area contributed by atoms with E-state index >= 15 is 0 Å². The SMILES string of the molecule is CSc1ccccc1Nc1cc(Cl)nc2c1nc(C(F)F)n2PI. The Balaban J connectivity index is 2.17. The third kappa shape index (κ3) is 3.47. The van der Waals surface area contributed by atoms with E-state index in [9.17, 15) is 8.78 Å². The molecule has 3 rings (SSSR count). The van der Waals surface area contributed by atoms with Crippen molar-refractivity contribution in [1.82, 2.24) is 14.3 Å². The van der Waals surface area contributed by atoms with E-state index < -0.39 is 6.43 Å². The summed E-state index contributed by atoms with van der Waals surface area (Å²) < 4.78 is 27.9. The van der Waals surface area contributed by atoms with Crippen molar-refractivity contribution in [2.75, 3.05) is 11.6 Å². The van der Waals surface area contributed by atoms with Crippen LogP contribution in [0.4, 0.5) is 20.2 Å². The lowest BCUT2D eigenvalue weighted by molar-refractivity contribution is 0.140. The molecule has 24 heavy (non-hydrogen) atoms. The Hall–Kier alpha value is -0.700. The lowest BCUT2D eigenvalue weighted by atomic mass is 10.3. The second-order valence-electron chi connectivity index (χ2n) is 4.68. The van der Waals surface area contributed by atoms with E-state index in [1.54, 1.807) is 17.8 Å². The maximum atomic E-state index is 13.3. The zero-order valence-electron chi connectivity index (χ0n) is 12.2. The number of rotatable bonds is 5. The molecule has 0 radical (unpaired) electrons. The molecule has 0 aliphatic heterocycles. The van der Waals surface area contributed by atoms with E-state index in [2.05, 4.69) is 15.3 Å². The van der Waals surface area contributed by atoms with E-state index in [0.29, 0.717) is 16.9 Å². The molecule has 0 fully saturated rings. The van der Waals surface area contributed by atoms with Gasteiger partial charge in [-0.3, -0.25) is 4.34 Å². The first-order valence-electron chi connectivity index (χ1n) is 6.69. The molecule has 3 aromatic rings. The number of para-hydroxylation sites is 1. The summed E-state index contributed by atoms with van der Waals surface area (Å²) in [5, 5.41) is 3.47. The molecule has 1 aromatic carbocycles. The number of hydrogen-bond donors (Lipinski definition) is 1. The summed E-state index contributed by atoms with van der Waals surface area (Å²) in [6, 6.07) is 9.33. The highest BCUT2D eigenvalue weighted by atomic mass is 127. The van der Waals surface area contributed by atoms with Gasteiger partial charge in [-0.2, -0.15) is 0 Å². The van der Waals surface area contributed by atoms with Crippen molar-refractivity contribution >= 4 is 74.3 Å². The first kappa shape index (κ1) is 18.1. The van der Waals surface area contributed by atoms with Crippen LogP contribution in [0.15, 0.2) is 35.2 Å². The molecule has 126 valence electrons. The first-order chi connectivity index (χ1) is 11.5.